The van der Waals surface area contributed by atoms with Crippen molar-refractivity contribution in [2.45, 2.75) is 88.8 Å². The fourth-order valence-corrected chi connectivity index (χ4v) is 9.17. The van der Waals surface area contributed by atoms with Crippen LogP contribution in [0.4, 0.5) is 46.5 Å². The molecule has 2 aromatic carbocycles. The lowest BCUT2D eigenvalue weighted by Crippen LogP contribution is -2.29. The second-order valence-electron chi connectivity index (χ2n) is 16.2. The van der Waals surface area contributed by atoms with Gasteiger partial charge in [-0.25, -0.2) is 18.1 Å². The maximum absolute atomic E-state index is 13.3. The van der Waals surface area contributed by atoms with Crippen molar-refractivity contribution in [3.05, 3.63) is 115 Å². The molecule has 10 rings (SSSR count). The molecule has 6 heterocycles. The van der Waals surface area contributed by atoms with E-state index in [4.69, 9.17) is 28.2 Å². The summed E-state index contributed by atoms with van der Waals surface area (Å²) in [4.78, 5) is 29.3. The van der Waals surface area contributed by atoms with Crippen molar-refractivity contribution in [3.8, 4) is 11.4 Å². The fourth-order valence-electron chi connectivity index (χ4n) is 7.87. The molecule has 2 saturated heterocycles. The Hall–Kier alpha value is -5.05. The minimum absolute atomic E-state index is 0.0842. The van der Waals surface area contributed by atoms with Crippen molar-refractivity contribution in [1.82, 2.24) is 39.1 Å². The number of rotatable bonds is 9. The first-order valence-corrected chi connectivity index (χ1v) is 22.7. The summed E-state index contributed by atoms with van der Waals surface area (Å²) in [6.07, 6.45) is -1.33. The van der Waals surface area contributed by atoms with Crippen LogP contribution in [-0.2, 0) is 26.6 Å². The van der Waals surface area contributed by atoms with E-state index < -0.39 is 51.8 Å². The van der Waals surface area contributed by atoms with E-state index in [2.05, 4.69) is 25.0 Å². The Morgan fingerprint density at radius 1 is 0.676 bits per heavy atom. The predicted molar refractivity (Wildman–Crippen MR) is 240 cm³/mol. The van der Waals surface area contributed by atoms with Gasteiger partial charge in [0.25, 0.3) is 11.8 Å². The summed E-state index contributed by atoms with van der Waals surface area (Å²) in [6, 6.07) is 9.82. The number of alkyl halides is 6. The number of amides is 2. The van der Waals surface area contributed by atoms with Gasteiger partial charge in [0.15, 0.2) is 11.4 Å². The van der Waals surface area contributed by atoms with Gasteiger partial charge in [-0.1, -0.05) is 23.2 Å². The average molecular weight is 1110 g/mol. The summed E-state index contributed by atoms with van der Waals surface area (Å²) in [7, 11) is 0.762. The minimum atomic E-state index is -4.71. The molecule has 2 amide bonds. The molecule has 14 nitrogen and oxygen atoms in total. The second-order valence-corrected chi connectivity index (χ2v) is 18.0. The first-order chi connectivity index (χ1) is 32.2. The molecule has 2 unspecified atom stereocenters. The lowest BCUT2D eigenvalue weighted by molar-refractivity contribution is -0.142. The van der Waals surface area contributed by atoms with Gasteiger partial charge < -0.3 is 19.5 Å². The van der Waals surface area contributed by atoms with Crippen LogP contribution in [0.1, 0.15) is 85.0 Å². The Morgan fingerprint density at radius 2 is 1.10 bits per heavy atom. The number of anilines is 2. The molecule has 26 heteroatoms. The number of benzene rings is 2. The maximum atomic E-state index is 13.3. The highest BCUT2D eigenvalue weighted by Gasteiger charge is 2.45. The monoisotopic (exact) mass is 1110 g/mol. The van der Waals surface area contributed by atoms with Crippen molar-refractivity contribution in [2.75, 3.05) is 22.9 Å². The van der Waals surface area contributed by atoms with Crippen LogP contribution < -0.4 is 9.80 Å². The summed E-state index contributed by atoms with van der Waals surface area (Å²) < 4.78 is 116. The third kappa shape index (κ3) is 10.0. The molecule has 1 radical (unpaired) electrons. The van der Waals surface area contributed by atoms with Gasteiger partial charge in [-0.3, -0.25) is 19.0 Å². The summed E-state index contributed by atoms with van der Waals surface area (Å²) in [5, 5.41) is 22.8. The van der Waals surface area contributed by atoms with Crippen LogP contribution >= 0.6 is 45.8 Å². The lowest BCUT2D eigenvalue weighted by atomic mass is 10.2. The van der Waals surface area contributed by atoms with Crippen molar-refractivity contribution in [1.29, 1.82) is 0 Å². The summed E-state index contributed by atoms with van der Waals surface area (Å²) in [5.74, 6) is -1.30. The molecule has 4 aromatic heterocycles. The zero-order valence-corrected chi connectivity index (χ0v) is 39.3. The molecular formula is C42H37BCl2F8IN10O4. The molecule has 2 atom stereocenters. The van der Waals surface area contributed by atoms with Crippen molar-refractivity contribution in [3.63, 3.8) is 0 Å². The van der Waals surface area contributed by atoms with E-state index in [-0.39, 0.29) is 47.8 Å². The molecule has 0 bridgehead atoms. The first-order valence-electron chi connectivity index (χ1n) is 20.9. The van der Waals surface area contributed by atoms with Crippen LogP contribution in [0.25, 0.3) is 11.4 Å². The number of carbonyl (C=O) groups excluding carboxylic acids is 2. The van der Waals surface area contributed by atoms with Crippen LogP contribution in [-0.4, -0.2) is 82.8 Å². The molecule has 2 saturated carbocycles. The Morgan fingerprint density at radius 3 is 1.50 bits per heavy atom. The highest BCUT2D eigenvalue weighted by molar-refractivity contribution is 14.1. The average Bonchev–Trinajstić information content (AvgIpc) is 4.04. The number of hydrogen-bond donors (Lipinski definition) is 1. The molecule has 68 heavy (non-hydrogen) atoms. The fraction of sp³-hybridized carbons (Fsp3) is 0.381. The highest BCUT2D eigenvalue weighted by atomic mass is 127. The number of nitrogens with zero attached hydrogens (tertiary/aromatic N) is 10. The van der Waals surface area contributed by atoms with Crippen molar-refractivity contribution in [2.24, 2.45) is 0 Å². The summed E-state index contributed by atoms with van der Waals surface area (Å²) in [6.45, 7) is 3.42. The Kier molecular flexibility index (Phi) is 14.1. The van der Waals surface area contributed by atoms with Crippen LogP contribution in [0.3, 0.4) is 0 Å². The van der Waals surface area contributed by atoms with Gasteiger partial charge in [-0.05, 0) is 123 Å². The Labute approximate surface area is 406 Å². The number of hydrogen-bond acceptors (Lipinski definition) is 8. The van der Waals surface area contributed by atoms with Gasteiger partial charge in [0.05, 0.1) is 62.3 Å². The van der Waals surface area contributed by atoms with Gasteiger partial charge in [0.2, 0.25) is 0 Å². The summed E-state index contributed by atoms with van der Waals surface area (Å²) in [5.41, 5.74) is 1.06. The van der Waals surface area contributed by atoms with Crippen LogP contribution in [0.5, 0.6) is 0 Å². The lowest BCUT2D eigenvalue weighted by Gasteiger charge is -2.18. The third-order valence-electron chi connectivity index (χ3n) is 11.6. The maximum Gasteiger partial charge on any atom is 0.485 e. The van der Waals surface area contributed by atoms with E-state index in [1.165, 1.54) is 49.2 Å². The smallest absolute Gasteiger partial charge is 0.429 e. The quantitative estimate of drug-likeness (QED) is 0.0858. The largest absolute Gasteiger partial charge is 0.485 e. The Balaban J connectivity index is 0.000000164. The zero-order chi connectivity index (χ0) is 49.0. The molecule has 2 aliphatic carbocycles. The zero-order valence-electron chi connectivity index (χ0n) is 35.6. The van der Waals surface area contributed by atoms with E-state index in [0.717, 1.165) is 48.4 Å². The number of halogens is 11. The van der Waals surface area contributed by atoms with Gasteiger partial charge in [0.1, 0.15) is 27.4 Å². The van der Waals surface area contributed by atoms with Crippen LogP contribution in [0, 0.1) is 29.2 Å². The molecular weight excluding hydrogens is 1070 g/mol. The normalized spacial score (nSPS) is 18.5. The van der Waals surface area contributed by atoms with Gasteiger partial charge >= 0.3 is 20.0 Å². The van der Waals surface area contributed by atoms with Crippen molar-refractivity contribution < 1.29 is 54.4 Å². The predicted octanol–water partition coefficient (Wildman–Crippen LogP) is 9.51. The van der Waals surface area contributed by atoms with Gasteiger partial charge in [-0.15, -0.1) is 0 Å². The topological polar surface area (TPSA) is 141 Å². The Bertz CT molecular complexity index is 2830. The minimum Gasteiger partial charge on any atom is -0.429 e. The van der Waals surface area contributed by atoms with E-state index in [1.54, 1.807) is 44.7 Å². The van der Waals surface area contributed by atoms with Crippen molar-refractivity contribution >= 4 is 76.7 Å². The number of aromatic nitrogens is 8. The SMILES string of the molecule is Cc1c(Cl)c(C(F)(F)F)nn1C1CCN(c2cnn(-c3ccc(F)cc3)c2C2CC2)C1=O.Cc1c(Cl)c(C(F)(F)F)nn1C1CCN(c2cnn(-c3ccc(F)cc3)c2I)C1=O.O[B]OC1CC1. The molecule has 359 valence electrons. The third-order valence-corrected chi connectivity index (χ3v) is 13.5. The molecule has 1 N–H and O–H groups in total. The summed E-state index contributed by atoms with van der Waals surface area (Å²) >= 11 is 13.7. The van der Waals surface area contributed by atoms with Gasteiger partial charge in [-0.2, -0.15) is 46.7 Å². The van der Waals surface area contributed by atoms with Crippen LogP contribution in [0.2, 0.25) is 10.0 Å². The molecule has 4 fully saturated rings. The van der Waals surface area contributed by atoms with E-state index in [1.807, 2.05) is 22.6 Å². The molecule has 2 aliphatic heterocycles. The number of carbonyl (C=O) groups is 2. The van der Waals surface area contributed by atoms with E-state index in [0.29, 0.717) is 45.5 Å². The van der Waals surface area contributed by atoms with Gasteiger partial charge in [0, 0.05) is 25.1 Å². The molecule has 6 aromatic rings. The van der Waals surface area contributed by atoms with E-state index in [9.17, 15) is 44.7 Å². The first kappa shape index (κ1) is 49.4. The molecule has 4 aliphatic rings. The van der Waals surface area contributed by atoms with E-state index >= 15 is 0 Å². The second kappa shape index (κ2) is 19.4. The molecule has 0 spiro atoms. The highest BCUT2D eigenvalue weighted by Crippen LogP contribution is 2.47. The standard InChI is InChI=1S/C21H18ClF4N5O.C18H13ClF4IN5O.C3H6BO2/c1-11-17(22)19(21(24,25)26)28-30(11)15-8-9-29(20(15)32)16-10-27-31(18(16)12-2-3-12)14-6-4-13(23)5-7-14;1-9-14(19)15(18(21,22)23)26-28(9)12-6-7-27(17(12)30)13-8-25-29(16(13)24)11-4-2-10(20)3-5-11;5-4-6-3-1-2-3/h4-7,10,12,15H,2-3,8-9H2,1H3;2-5,8,12H,6-7H2,1H3;3,5H,1-2H2. The van der Waals surface area contributed by atoms with Crippen LogP contribution in [0.15, 0.2) is 60.9 Å².